The van der Waals surface area contributed by atoms with Crippen LogP contribution >= 0.6 is 31.9 Å². The van der Waals surface area contributed by atoms with E-state index >= 15 is 0 Å². The summed E-state index contributed by atoms with van der Waals surface area (Å²) in [7, 11) is 1.21. The number of hydrogen-bond acceptors (Lipinski definition) is 4. The number of halogens is 2. The van der Waals surface area contributed by atoms with Crippen molar-refractivity contribution in [3.8, 4) is 0 Å². The zero-order chi connectivity index (χ0) is 15.4. The Morgan fingerprint density at radius 2 is 1.90 bits per heavy atom. The van der Waals surface area contributed by atoms with E-state index < -0.39 is 23.8 Å². The molecule has 0 saturated carbocycles. The molecule has 108 valence electrons. The highest BCUT2D eigenvalue weighted by atomic mass is 79.9. The summed E-state index contributed by atoms with van der Waals surface area (Å²) >= 11 is 6.43. The van der Waals surface area contributed by atoms with Crippen molar-refractivity contribution >= 4 is 55.4 Å². The van der Waals surface area contributed by atoms with Crippen LogP contribution in [-0.4, -0.2) is 30.1 Å². The largest absolute Gasteiger partial charge is 0.481 e. The second-order valence-electron chi connectivity index (χ2n) is 3.85. The standard InChI is InChI=1S/C12H11Br2NO5/c1-5(11(17)18)10(16)15-9-7(12(19)20-2)3-6(13)4-8(9)14/h3-5H,1-2H3,(H,15,16)(H,17,18). The number of carbonyl (C=O) groups excluding carboxylic acids is 2. The average molecular weight is 409 g/mol. The molecular weight excluding hydrogens is 398 g/mol. The number of benzene rings is 1. The average Bonchev–Trinajstić information content (AvgIpc) is 2.39. The van der Waals surface area contributed by atoms with Crippen LogP contribution in [-0.2, 0) is 14.3 Å². The predicted octanol–water partition coefficient (Wildman–Crippen LogP) is 2.66. The lowest BCUT2D eigenvalue weighted by Crippen LogP contribution is -2.28. The van der Waals surface area contributed by atoms with Gasteiger partial charge in [0.2, 0.25) is 5.91 Å². The lowest BCUT2D eigenvalue weighted by atomic mass is 10.1. The lowest BCUT2D eigenvalue weighted by Gasteiger charge is -2.14. The molecule has 0 saturated heterocycles. The number of rotatable bonds is 4. The minimum atomic E-state index is -1.25. The quantitative estimate of drug-likeness (QED) is 0.590. The molecule has 2 N–H and O–H groups in total. The Morgan fingerprint density at radius 3 is 2.40 bits per heavy atom. The van der Waals surface area contributed by atoms with E-state index in [0.717, 1.165) is 0 Å². The van der Waals surface area contributed by atoms with E-state index in [-0.39, 0.29) is 11.3 Å². The molecule has 0 aliphatic heterocycles. The number of ether oxygens (including phenoxy) is 1. The zero-order valence-electron chi connectivity index (χ0n) is 10.6. The van der Waals surface area contributed by atoms with E-state index in [1.165, 1.54) is 20.1 Å². The molecule has 0 aliphatic rings. The third kappa shape index (κ3) is 3.80. The second-order valence-corrected chi connectivity index (χ2v) is 5.62. The molecule has 6 nitrogen and oxygen atoms in total. The normalized spacial score (nSPS) is 11.6. The molecule has 8 heteroatoms. The minimum absolute atomic E-state index is 0.111. The Hall–Kier alpha value is -1.41. The van der Waals surface area contributed by atoms with Gasteiger partial charge in [-0.3, -0.25) is 9.59 Å². The Morgan fingerprint density at radius 1 is 1.30 bits per heavy atom. The van der Waals surface area contributed by atoms with Gasteiger partial charge in [-0.15, -0.1) is 0 Å². The summed E-state index contributed by atoms with van der Waals surface area (Å²) in [4.78, 5) is 34.2. The highest BCUT2D eigenvalue weighted by molar-refractivity contribution is 9.11. The topological polar surface area (TPSA) is 92.7 Å². The van der Waals surface area contributed by atoms with Gasteiger partial charge in [-0.25, -0.2) is 4.79 Å². The second kappa shape index (κ2) is 6.85. The van der Waals surface area contributed by atoms with Crippen molar-refractivity contribution < 1.29 is 24.2 Å². The SMILES string of the molecule is COC(=O)c1cc(Br)cc(Br)c1NC(=O)C(C)C(=O)O. The number of amides is 1. The highest BCUT2D eigenvalue weighted by Gasteiger charge is 2.24. The van der Waals surface area contributed by atoms with E-state index in [0.29, 0.717) is 8.95 Å². The van der Waals surface area contributed by atoms with Crippen LogP contribution in [0.4, 0.5) is 5.69 Å². The Bertz CT molecular complexity index is 573. The molecule has 1 amide bonds. The third-order valence-corrected chi connectivity index (χ3v) is 3.56. The molecule has 0 radical (unpaired) electrons. The molecule has 0 fully saturated rings. The van der Waals surface area contributed by atoms with Crippen LogP contribution < -0.4 is 5.32 Å². The fourth-order valence-corrected chi connectivity index (χ4v) is 2.64. The molecule has 1 aromatic carbocycles. The number of carbonyl (C=O) groups is 3. The summed E-state index contributed by atoms with van der Waals surface area (Å²) in [6.07, 6.45) is 0. The monoisotopic (exact) mass is 407 g/mol. The van der Waals surface area contributed by atoms with Crippen LogP contribution in [0, 0.1) is 5.92 Å². The Labute approximate surface area is 131 Å². The molecule has 1 unspecified atom stereocenters. The van der Waals surface area contributed by atoms with Crippen molar-refractivity contribution in [1.82, 2.24) is 0 Å². The molecule has 0 aromatic heterocycles. The molecule has 1 atom stereocenters. The number of carboxylic acids is 1. The summed E-state index contributed by atoms with van der Waals surface area (Å²) in [5.41, 5.74) is 0.276. The van der Waals surface area contributed by atoms with E-state index in [1.54, 1.807) is 6.07 Å². The van der Waals surface area contributed by atoms with Gasteiger partial charge < -0.3 is 15.2 Å². The van der Waals surface area contributed by atoms with Gasteiger partial charge in [0.05, 0.1) is 18.4 Å². The van der Waals surface area contributed by atoms with Gasteiger partial charge in [-0.1, -0.05) is 15.9 Å². The van der Waals surface area contributed by atoms with Crippen LogP contribution in [0.1, 0.15) is 17.3 Å². The van der Waals surface area contributed by atoms with Crippen molar-refractivity contribution in [2.45, 2.75) is 6.92 Å². The van der Waals surface area contributed by atoms with Gasteiger partial charge in [0.25, 0.3) is 0 Å². The number of esters is 1. The highest BCUT2D eigenvalue weighted by Crippen LogP contribution is 2.31. The van der Waals surface area contributed by atoms with Gasteiger partial charge in [0.15, 0.2) is 0 Å². The van der Waals surface area contributed by atoms with Gasteiger partial charge >= 0.3 is 11.9 Å². The zero-order valence-corrected chi connectivity index (χ0v) is 13.7. The summed E-state index contributed by atoms with van der Waals surface area (Å²) < 4.78 is 5.66. The van der Waals surface area contributed by atoms with E-state index in [9.17, 15) is 14.4 Å². The maximum Gasteiger partial charge on any atom is 0.340 e. The number of methoxy groups -OCH3 is 1. The summed E-state index contributed by atoms with van der Waals surface area (Å²) in [5.74, 6) is -3.87. The third-order valence-electron chi connectivity index (χ3n) is 2.47. The first-order valence-electron chi connectivity index (χ1n) is 5.39. The minimum Gasteiger partial charge on any atom is -0.481 e. The van der Waals surface area contributed by atoms with E-state index in [4.69, 9.17) is 5.11 Å². The van der Waals surface area contributed by atoms with Crippen molar-refractivity contribution in [3.63, 3.8) is 0 Å². The molecule has 1 aromatic rings. The molecule has 20 heavy (non-hydrogen) atoms. The van der Waals surface area contributed by atoms with Crippen molar-refractivity contribution in [3.05, 3.63) is 26.6 Å². The van der Waals surface area contributed by atoms with E-state index in [2.05, 4.69) is 41.9 Å². The molecule has 1 rings (SSSR count). The fraction of sp³-hybridized carbons (Fsp3) is 0.250. The fourth-order valence-electron chi connectivity index (χ4n) is 1.32. The van der Waals surface area contributed by atoms with Gasteiger partial charge in [-0.05, 0) is 35.0 Å². The first-order valence-corrected chi connectivity index (χ1v) is 6.97. The lowest BCUT2D eigenvalue weighted by molar-refractivity contribution is -0.144. The van der Waals surface area contributed by atoms with Crippen LogP contribution in [0.5, 0.6) is 0 Å². The molecular formula is C12H11Br2NO5. The van der Waals surface area contributed by atoms with E-state index in [1.807, 2.05) is 0 Å². The van der Waals surface area contributed by atoms with Crippen LogP contribution in [0.15, 0.2) is 21.1 Å². The number of nitrogens with one attached hydrogen (secondary N) is 1. The Balaban J connectivity index is 3.20. The number of aliphatic carboxylic acids is 1. The maximum atomic E-state index is 11.8. The first kappa shape index (κ1) is 16.6. The maximum absolute atomic E-state index is 11.8. The number of carboxylic acid groups (broad SMARTS) is 1. The molecule has 0 aliphatic carbocycles. The Kier molecular flexibility index (Phi) is 5.70. The summed E-state index contributed by atoms with van der Waals surface area (Å²) in [6.45, 7) is 1.25. The van der Waals surface area contributed by atoms with Crippen molar-refractivity contribution in [2.75, 3.05) is 12.4 Å². The van der Waals surface area contributed by atoms with Gasteiger partial charge in [-0.2, -0.15) is 0 Å². The first-order chi connectivity index (χ1) is 9.27. The predicted molar refractivity (Wildman–Crippen MR) is 78.6 cm³/mol. The van der Waals surface area contributed by atoms with Crippen molar-refractivity contribution in [1.29, 1.82) is 0 Å². The molecule has 0 heterocycles. The number of hydrogen-bond donors (Lipinski definition) is 2. The summed E-state index contributed by atoms with van der Waals surface area (Å²) in [5, 5.41) is 11.2. The molecule has 0 spiro atoms. The number of anilines is 1. The van der Waals surface area contributed by atoms with Crippen LogP contribution in [0.2, 0.25) is 0 Å². The smallest absolute Gasteiger partial charge is 0.340 e. The van der Waals surface area contributed by atoms with Gasteiger partial charge in [0, 0.05) is 8.95 Å². The van der Waals surface area contributed by atoms with Crippen LogP contribution in [0.3, 0.4) is 0 Å². The van der Waals surface area contributed by atoms with Gasteiger partial charge in [0.1, 0.15) is 5.92 Å². The molecule has 0 bridgehead atoms. The van der Waals surface area contributed by atoms with Crippen LogP contribution in [0.25, 0.3) is 0 Å². The summed E-state index contributed by atoms with van der Waals surface area (Å²) in [6, 6.07) is 3.09. The van der Waals surface area contributed by atoms with Crippen molar-refractivity contribution in [2.24, 2.45) is 5.92 Å².